The first kappa shape index (κ1) is 13.3. The number of hydrogen-bond acceptors (Lipinski definition) is 3. The van der Waals surface area contributed by atoms with Crippen LogP contribution in [0.2, 0.25) is 0 Å². The summed E-state index contributed by atoms with van der Waals surface area (Å²) < 4.78 is 1.97. The molecule has 0 radical (unpaired) electrons. The average Bonchev–Trinajstić information content (AvgIpc) is 2.99. The van der Waals surface area contributed by atoms with Gasteiger partial charge in [0.15, 0.2) is 5.82 Å². The predicted octanol–water partition coefficient (Wildman–Crippen LogP) is 2.35. The number of likely N-dealkylation sites (tertiary alicyclic amines) is 1. The minimum Gasteiger partial charge on any atom is -0.328 e. The van der Waals surface area contributed by atoms with Gasteiger partial charge in [0.25, 0.3) is 0 Å². The van der Waals surface area contributed by atoms with Crippen LogP contribution in [0.25, 0.3) is 0 Å². The Morgan fingerprint density at radius 1 is 1.39 bits per heavy atom. The molecule has 1 aliphatic rings. The zero-order chi connectivity index (χ0) is 13.2. The second-order valence-electron chi connectivity index (χ2n) is 5.53. The van der Waals surface area contributed by atoms with Crippen molar-refractivity contribution in [3.63, 3.8) is 0 Å². The number of rotatable bonds is 5. The normalized spacial score (nSPS) is 17.3. The summed E-state index contributed by atoms with van der Waals surface area (Å²) in [7, 11) is 0. The summed E-state index contributed by atoms with van der Waals surface area (Å²) in [5.74, 6) is 0.747. The van der Waals surface area contributed by atoms with Gasteiger partial charge < -0.3 is 4.57 Å². The van der Waals surface area contributed by atoms with E-state index in [1.54, 1.807) is 6.20 Å². The highest BCUT2D eigenvalue weighted by Crippen LogP contribution is 2.24. The number of carbonyl (C=O) groups is 1. The highest BCUT2D eigenvalue weighted by atomic mass is 16.1. The summed E-state index contributed by atoms with van der Waals surface area (Å²) in [5, 5.41) is 0. The summed E-state index contributed by atoms with van der Waals surface area (Å²) in [6.07, 6.45) is 7.03. The standard InChI is InChI=1S/C14H23N3O/c1-4-8-16-11-7-15-13(16)12(18)14(2,3)17-9-5-6-10-17/h7,11H,4-6,8-10H2,1-3H3. The van der Waals surface area contributed by atoms with Gasteiger partial charge in [-0.3, -0.25) is 9.69 Å². The van der Waals surface area contributed by atoms with Crippen molar-refractivity contribution in [2.45, 2.75) is 52.1 Å². The lowest BCUT2D eigenvalue weighted by Crippen LogP contribution is -2.49. The van der Waals surface area contributed by atoms with Gasteiger partial charge in [-0.25, -0.2) is 4.98 Å². The van der Waals surface area contributed by atoms with Crippen LogP contribution in [0.1, 0.15) is 50.7 Å². The lowest BCUT2D eigenvalue weighted by atomic mass is 9.96. The minimum absolute atomic E-state index is 0.142. The molecule has 0 unspecified atom stereocenters. The second-order valence-corrected chi connectivity index (χ2v) is 5.53. The number of imidazole rings is 1. The quantitative estimate of drug-likeness (QED) is 0.752. The Kier molecular flexibility index (Phi) is 3.85. The molecule has 0 bridgehead atoms. The van der Waals surface area contributed by atoms with Gasteiger partial charge in [0, 0.05) is 18.9 Å². The smallest absolute Gasteiger partial charge is 0.217 e. The second kappa shape index (κ2) is 5.22. The molecule has 0 aliphatic carbocycles. The number of aromatic nitrogens is 2. The van der Waals surface area contributed by atoms with Gasteiger partial charge in [0.2, 0.25) is 5.78 Å². The predicted molar refractivity (Wildman–Crippen MR) is 71.7 cm³/mol. The molecule has 1 saturated heterocycles. The first-order chi connectivity index (χ1) is 8.57. The van der Waals surface area contributed by atoms with Crippen molar-refractivity contribution in [2.24, 2.45) is 0 Å². The third-order valence-corrected chi connectivity index (χ3v) is 3.84. The van der Waals surface area contributed by atoms with Crippen molar-refractivity contribution in [2.75, 3.05) is 13.1 Å². The van der Waals surface area contributed by atoms with E-state index in [-0.39, 0.29) is 5.78 Å². The van der Waals surface area contributed by atoms with Crippen molar-refractivity contribution >= 4 is 5.78 Å². The molecule has 1 aromatic heterocycles. The molecule has 1 aromatic rings. The van der Waals surface area contributed by atoms with E-state index in [2.05, 4.69) is 16.8 Å². The molecule has 0 aromatic carbocycles. The molecule has 2 rings (SSSR count). The highest BCUT2D eigenvalue weighted by molar-refractivity contribution is 6.00. The van der Waals surface area contributed by atoms with Gasteiger partial charge in [0.05, 0.1) is 5.54 Å². The Labute approximate surface area is 109 Å². The molecule has 4 heteroatoms. The van der Waals surface area contributed by atoms with Crippen LogP contribution in [0.4, 0.5) is 0 Å². The van der Waals surface area contributed by atoms with Gasteiger partial charge in [-0.1, -0.05) is 6.92 Å². The molecule has 0 spiro atoms. The van der Waals surface area contributed by atoms with Gasteiger partial charge in [0.1, 0.15) is 0 Å². The van der Waals surface area contributed by atoms with Crippen molar-refractivity contribution in [3.8, 4) is 0 Å². The van der Waals surface area contributed by atoms with Crippen LogP contribution in [-0.2, 0) is 6.54 Å². The molecule has 1 aliphatic heterocycles. The van der Waals surface area contributed by atoms with Crippen molar-refractivity contribution in [1.82, 2.24) is 14.5 Å². The van der Waals surface area contributed by atoms with Gasteiger partial charge in [-0.2, -0.15) is 0 Å². The van der Waals surface area contributed by atoms with Gasteiger partial charge in [-0.05, 0) is 46.2 Å². The van der Waals surface area contributed by atoms with Crippen molar-refractivity contribution in [3.05, 3.63) is 18.2 Å². The molecule has 18 heavy (non-hydrogen) atoms. The van der Waals surface area contributed by atoms with Crippen LogP contribution in [-0.4, -0.2) is 38.9 Å². The number of carbonyl (C=O) groups excluding carboxylic acids is 1. The van der Waals surface area contributed by atoms with Crippen molar-refractivity contribution in [1.29, 1.82) is 0 Å². The monoisotopic (exact) mass is 249 g/mol. The summed E-state index contributed by atoms with van der Waals surface area (Å²) in [6.45, 7) is 9.05. The van der Waals surface area contributed by atoms with Crippen LogP contribution >= 0.6 is 0 Å². The first-order valence-electron chi connectivity index (χ1n) is 6.88. The van der Waals surface area contributed by atoms with Gasteiger partial charge >= 0.3 is 0 Å². The maximum atomic E-state index is 12.7. The summed E-state index contributed by atoms with van der Waals surface area (Å²) >= 11 is 0. The maximum Gasteiger partial charge on any atom is 0.217 e. The van der Waals surface area contributed by atoms with Gasteiger partial charge in [-0.15, -0.1) is 0 Å². The molecule has 0 saturated carbocycles. The third kappa shape index (κ3) is 2.34. The fraction of sp³-hybridized carbons (Fsp3) is 0.714. The van der Waals surface area contributed by atoms with E-state index in [0.717, 1.165) is 26.1 Å². The number of hydrogen-bond donors (Lipinski definition) is 0. The van der Waals surface area contributed by atoms with E-state index in [4.69, 9.17) is 0 Å². The maximum absolute atomic E-state index is 12.7. The third-order valence-electron chi connectivity index (χ3n) is 3.84. The fourth-order valence-corrected chi connectivity index (χ4v) is 2.63. The van der Waals surface area contributed by atoms with E-state index < -0.39 is 5.54 Å². The first-order valence-corrected chi connectivity index (χ1v) is 6.88. The molecule has 100 valence electrons. The molecule has 0 N–H and O–H groups in total. The van der Waals surface area contributed by atoms with E-state index in [0.29, 0.717) is 5.82 Å². The van der Waals surface area contributed by atoms with E-state index >= 15 is 0 Å². The number of Topliss-reactive ketones (excluding diaryl/α,β-unsaturated/α-hetero) is 1. The summed E-state index contributed by atoms with van der Waals surface area (Å²) in [4.78, 5) is 19.2. The lowest BCUT2D eigenvalue weighted by molar-refractivity contribution is 0.0686. The van der Waals surface area contributed by atoms with Crippen LogP contribution in [0.15, 0.2) is 12.4 Å². The Morgan fingerprint density at radius 2 is 2.06 bits per heavy atom. The Bertz CT molecular complexity index is 416. The lowest BCUT2D eigenvalue weighted by Gasteiger charge is -2.33. The zero-order valence-corrected chi connectivity index (χ0v) is 11.6. The number of nitrogens with zero attached hydrogens (tertiary/aromatic N) is 3. The molecule has 1 fully saturated rings. The summed E-state index contributed by atoms with van der Waals surface area (Å²) in [5.41, 5.74) is -0.437. The minimum atomic E-state index is -0.437. The zero-order valence-electron chi connectivity index (χ0n) is 11.6. The van der Waals surface area contributed by atoms with Crippen LogP contribution in [0, 0.1) is 0 Å². The van der Waals surface area contributed by atoms with E-state index in [9.17, 15) is 4.79 Å². The number of aryl methyl sites for hydroxylation is 1. The Hall–Kier alpha value is -1.16. The van der Waals surface area contributed by atoms with Crippen LogP contribution in [0.3, 0.4) is 0 Å². The van der Waals surface area contributed by atoms with Crippen LogP contribution in [0.5, 0.6) is 0 Å². The largest absolute Gasteiger partial charge is 0.328 e. The molecular formula is C14H23N3O. The number of ketones is 1. The average molecular weight is 249 g/mol. The molecule has 0 atom stereocenters. The Balaban J connectivity index is 2.21. The highest BCUT2D eigenvalue weighted by Gasteiger charge is 2.38. The summed E-state index contributed by atoms with van der Waals surface area (Å²) in [6, 6.07) is 0. The molecule has 2 heterocycles. The SMILES string of the molecule is CCCn1ccnc1C(=O)C(C)(C)N1CCCC1. The topological polar surface area (TPSA) is 38.1 Å². The Morgan fingerprint density at radius 3 is 2.67 bits per heavy atom. The molecule has 0 amide bonds. The van der Waals surface area contributed by atoms with E-state index in [1.807, 2.05) is 24.6 Å². The fourth-order valence-electron chi connectivity index (χ4n) is 2.63. The van der Waals surface area contributed by atoms with Crippen LogP contribution < -0.4 is 0 Å². The van der Waals surface area contributed by atoms with E-state index in [1.165, 1.54) is 12.8 Å². The molecule has 4 nitrogen and oxygen atoms in total. The molecular weight excluding hydrogens is 226 g/mol. The van der Waals surface area contributed by atoms with Crippen molar-refractivity contribution < 1.29 is 4.79 Å².